The second-order valence-electron chi connectivity index (χ2n) is 7.76. The van der Waals surface area contributed by atoms with Crippen LogP contribution < -0.4 is 4.74 Å². The summed E-state index contributed by atoms with van der Waals surface area (Å²) in [4.78, 5) is 0. The summed E-state index contributed by atoms with van der Waals surface area (Å²) in [5.41, 5.74) is 4.16. The molecule has 0 amide bonds. The first kappa shape index (κ1) is 19.7. The summed E-state index contributed by atoms with van der Waals surface area (Å²) in [7, 11) is 0. The molecule has 3 aromatic rings. The van der Waals surface area contributed by atoms with Crippen LogP contribution in [-0.4, -0.2) is 0 Å². The van der Waals surface area contributed by atoms with Crippen LogP contribution >= 0.6 is 15.9 Å². The molecule has 0 heterocycles. The number of aryl methyl sites for hydroxylation is 2. The lowest BCUT2D eigenvalue weighted by Crippen LogP contribution is -2.17. The lowest BCUT2D eigenvalue weighted by atomic mass is 9.79. The average molecular weight is 423 g/mol. The van der Waals surface area contributed by atoms with E-state index < -0.39 is 0 Å². The lowest BCUT2D eigenvalue weighted by molar-refractivity contribution is 0.459. The third kappa shape index (κ3) is 5.46. The molecule has 2 heteroatoms. The molecule has 0 aliphatic carbocycles. The Morgan fingerprint density at radius 3 is 2.33 bits per heavy atom. The van der Waals surface area contributed by atoms with E-state index in [1.807, 2.05) is 36.4 Å². The van der Waals surface area contributed by atoms with E-state index >= 15 is 0 Å². The van der Waals surface area contributed by atoms with Crippen LogP contribution in [0.25, 0.3) is 0 Å². The van der Waals surface area contributed by atoms with Gasteiger partial charge in [0.15, 0.2) is 0 Å². The smallest absolute Gasteiger partial charge is 0.127 e. The Morgan fingerprint density at radius 1 is 0.852 bits per heavy atom. The van der Waals surface area contributed by atoms with Crippen molar-refractivity contribution in [2.24, 2.45) is 0 Å². The van der Waals surface area contributed by atoms with Crippen molar-refractivity contribution >= 4 is 15.9 Å². The summed E-state index contributed by atoms with van der Waals surface area (Å²) in [5.74, 6) is 1.78. The standard InChI is InChI=1S/C25H27BrO/c1-19-14-15-21(18-24(19)26)25(2,3)16-8-10-20-9-7-13-23(17-20)27-22-11-5-4-6-12-22/h4-7,9,11-15,17-18H,8,10,16H2,1-3H3. The summed E-state index contributed by atoms with van der Waals surface area (Å²) >= 11 is 3.66. The van der Waals surface area contributed by atoms with Gasteiger partial charge in [0.05, 0.1) is 0 Å². The molecule has 3 rings (SSSR count). The topological polar surface area (TPSA) is 9.23 Å². The Labute approximate surface area is 171 Å². The van der Waals surface area contributed by atoms with Gasteiger partial charge in [-0.05, 0) is 78.6 Å². The van der Waals surface area contributed by atoms with Crippen molar-refractivity contribution in [3.8, 4) is 11.5 Å². The molecule has 0 fully saturated rings. The summed E-state index contributed by atoms with van der Waals surface area (Å²) in [5, 5.41) is 0. The lowest BCUT2D eigenvalue weighted by Gasteiger charge is -2.26. The Hall–Kier alpha value is -2.06. The van der Waals surface area contributed by atoms with Crippen LogP contribution in [0.15, 0.2) is 77.3 Å². The molecule has 27 heavy (non-hydrogen) atoms. The van der Waals surface area contributed by atoms with E-state index in [1.165, 1.54) is 21.2 Å². The first-order valence-corrected chi connectivity index (χ1v) is 10.3. The minimum Gasteiger partial charge on any atom is -0.457 e. The Morgan fingerprint density at radius 2 is 1.59 bits per heavy atom. The summed E-state index contributed by atoms with van der Waals surface area (Å²) in [6.45, 7) is 6.80. The van der Waals surface area contributed by atoms with Gasteiger partial charge in [-0.1, -0.05) is 72.2 Å². The minimum atomic E-state index is 0.161. The molecule has 1 nitrogen and oxygen atoms in total. The van der Waals surface area contributed by atoms with Crippen LogP contribution in [0.3, 0.4) is 0 Å². The van der Waals surface area contributed by atoms with Crippen molar-refractivity contribution in [1.82, 2.24) is 0 Å². The highest BCUT2D eigenvalue weighted by Crippen LogP contribution is 2.32. The van der Waals surface area contributed by atoms with Gasteiger partial charge in [0, 0.05) is 4.47 Å². The fraction of sp³-hybridized carbons (Fsp3) is 0.280. The van der Waals surface area contributed by atoms with E-state index in [2.05, 4.69) is 73.1 Å². The normalized spacial score (nSPS) is 11.4. The van der Waals surface area contributed by atoms with E-state index in [9.17, 15) is 0 Å². The highest BCUT2D eigenvalue weighted by molar-refractivity contribution is 9.10. The zero-order chi connectivity index (χ0) is 19.3. The molecule has 0 bridgehead atoms. The summed E-state index contributed by atoms with van der Waals surface area (Å²) < 4.78 is 7.15. The molecule has 3 aromatic carbocycles. The van der Waals surface area contributed by atoms with Gasteiger partial charge in [0.2, 0.25) is 0 Å². The molecule has 0 atom stereocenters. The number of ether oxygens (including phenoxy) is 1. The molecule has 0 saturated carbocycles. The minimum absolute atomic E-state index is 0.161. The van der Waals surface area contributed by atoms with Crippen LogP contribution in [0, 0.1) is 6.92 Å². The maximum atomic E-state index is 5.95. The predicted octanol–water partition coefficient (Wildman–Crippen LogP) is 7.85. The van der Waals surface area contributed by atoms with Crippen molar-refractivity contribution < 1.29 is 4.74 Å². The van der Waals surface area contributed by atoms with Gasteiger partial charge >= 0.3 is 0 Å². The number of benzene rings is 3. The molecule has 140 valence electrons. The molecule has 0 N–H and O–H groups in total. The van der Waals surface area contributed by atoms with Gasteiger partial charge in [0.25, 0.3) is 0 Å². The van der Waals surface area contributed by atoms with E-state index in [0.29, 0.717) is 0 Å². The molecule has 0 radical (unpaired) electrons. The Balaban J connectivity index is 1.59. The monoisotopic (exact) mass is 422 g/mol. The van der Waals surface area contributed by atoms with Gasteiger partial charge in [0.1, 0.15) is 11.5 Å². The number of rotatable bonds is 7. The second kappa shape index (κ2) is 8.75. The maximum Gasteiger partial charge on any atom is 0.127 e. The number of para-hydroxylation sites is 1. The van der Waals surface area contributed by atoms with Gasteiger partial charge in [-0.3, -0.25) is 0 Å². The van der Waals surface area contributed by atoms with Crippen LogP contribution in [0.2, 0.25) is 0 Å². The fourth-order valence-electron chi connectivity index (χ4n) is 3.28. The third-order valence-electron chi connectivity index (χ3n) is 5.10. The zero-order valence-corrected chi connectivity index (χ0v) is 17.9. The van der Waals surface area contributed by atoms with Gasteiger partial charge in [-0.2, -0.15) is 0 Å². The van der Waals surface area contributed by atoms with Crippen molar-refractivity contribution in [3.05, 3.63) is 94.0 Å². The Kier molecular flexibility index (Phi) is 6.38. The Bertz CT molecular complexity index is 884. The zero-order valence-electron chi connectivity index (χ0n) is 16.3. The fourth-order valence-corrected chi connectivity index (χ4v) is 3.66. The molecule has 0 saturated heterocycles. The van der Waals surface area contributed by atoms with Crippen LogP contribution in [-0.2, 0) is 11.8 Å². The molecule has 0 spiro atoms. The highest BCUT2D eigenvalue weighted by atomic mass is 79.9. The van der Waals surface area contributed by atoms with Gasteiger partial charge < -0.3 is 4.74 Å². The molecule has 0 aliphatic heterocycles. The molecule has 0 unspecified atom stereocenters. The van der Waals surface area contributed by atoms with Crippen molar-refractivity contribution in [1.29, 1.82) is 0 Å². The van der Waals surface area contributed by atoms with Gasteiger partial charge in [-0.25, -0.2) is 0 Å². The maximum absolute atomic E-state index is 5.95. The third-order valence-corrected chi connectivity index (χ3v) is 5.95. The average Bonchev–Trinajstić information content (AvgIpc) is 2.65. The largest absolute Gasteiger partial charge is 0.457 e. The summed E-state index contributed by atoms with van der Waals surface area (Å²) in [6, 6.07) is 25.1. The van der Waals surface area contributed by atoms with Gasteiger partial charge in [-0.15, -0.1) is 0 Å². The van der Waals surface area contributed by atoms with Crippen molar-refractivity contribution in [2.75, 3.05) is 0 Å². The van der Waals surface area contributed by atoms with Crippen LogP contribution in [0.1, 0.15) is 43.4 Å². The first-order chi connectivity index (χ1) is 12.9. The second-order valence-corrected chi connectivity index (χ2v) is 8.62. The molecular formula is C25H27BrO. The van der Waals surface area contributed by atoms with E-state index in [4.69, 9.17) is 4.74 Å². The number of hydrogen-bond acceptors (Lipinski definition) is 1. The summed E-state index contributed by atoms with van der Waals surface area (Å²) in [6.07, 6.45) is 3.35. The number of halogens is 1. The first-order valence-electron chi connectivity index (χ1n) is 9.52. The van der Waals surface area contributed by atoms with Crippen LogP contribution in [0.5, 0.6) is 11.5 Å². The SMILES string of the molecule is Cc1ccc(C(C)(C)CCCc2cccc(Oc3ccccc3)c2)cc1Br. The number of hydrogen-bond donors (Lipinski definition) is 0. The van der Waals surface area contributed by atoms with Crippen LogP contribution in [0.4, 0.5) is 0 Å². The van der Waals surface area contributed by atoms with Crippen molar-refractivity contribution in [2.45, 2.75) is 45.4 Å². The quantitative estimate of drug-likeness (QED) is 0.376. The van der Waals surface area contributed by atoms with E-state index in [-0.39, 0.29) is 5.41 Å². The molecular weight excluding hydrogens is 396 g/mol. The predicted molar refractivity (Wildman–Crippen MR) is 118 cm³/mol. The van der Waals surface area contributed by atoms with Crippen molar-refractivity contribution in [3.63, 3.8) is 0 Å². The molecule has 0 aliphatic rings. The van der Waals surface area contributed by atoms with E-state index in [1.54, 1.807) is 0 Å². The van der Waals surface area contributed by atoms with E-state index in [0.717, 1.165) is 30.8 Å². The highest BCUT2D eigenvalue weighted by Gasteiger charge is 2.20. The molecule has 0 aromatic heterocycles.